The molecule has 0 N–H and O–H groups in total. The lowest BCUT2D eigenvalue weighted by Gasteiger charge is -2.38. The number of pyridine rings is 1. The largest absolute Gasteiger partial charge is 0.737 e. The van der Waals surface area contributed by atoms with E-state index in [0.717, 1.165) is 14.9 Å². The summed E-state index contributed by atoms with van der Waals surface area (Å²) in [5.41, 5.74) is 1.34. The number of aromatic nitrogens is 1. The Bertz CT molecular complexity index is 1030. The van der Waals surface area contributed by atoms with Gasteiger partial charge < -0.3 is 22.7 Å². The molecule has 1 aromatic carbocycles. The van der Waals surface area contributed by atoms with E-state index < -0.39 is 6.97 Å². The Balaban J connectivity index is 1.86. The summed E-state index contributed by atoms with van der Waals surface area (Å²) in [7, 11) is 0. The molecule has 1 aromatic heterocycles. The van der Waals surface area contributed by atoms with Crippen LogP contribution in [0.25, 0.3) is 5.57 Å². The van der Waals surface area contributed by atoms with E-state index in [4.69, 9.17) is 4.74 Å². The number of hydrogen-bond acceptors (Lipinski definition) is 3. The maximum Gasteiger partial charge on any atom is 0.737 e. The van der Waals surface area contributed by atoms with Gasteiger partial charge >= 0.3 is 6.97 Å². The molecule has 0 aliphatic carbocycles. The number of hydrogen-bond donors (Lipinski definition) is 0. The number of nitriles is 1. The molecule has 4 rings (SSSR count). The molecule has 0 bridgehead atoms. The van der Waals surface area contributed by atoms with Crippen LogP contribution in [-0.2, 0) is 0 Å². The smallest absolute Gasteiger partial charge is 0.479 e. The molecule has 0 spiro atoms. The van der Waals surface area contributed by atoms with Gasteiger partial charge in [0.25, 0.3) is 0 Å². The number of benzene rings is 1. The lowest BCUT2D eigenvalue weighted by Crippen LogP contribution is -2.70. The molecule has 3 heterocycles. The number of ether oxygens (including phenoxy) is 1. The molecule has 1 atom stereocenters. The van der Waals surface area contributed by atoms with Gasteiger partial charge in [0.15, 0.2) is 5.75 Å². The monoisotopic (exact) mass is 363 g/mol. The minimum atomic E-state index is -4.13. The molecule has 0 fully saturated rings. The standard InChI is InChI=1S/C20H16BF2N3O/c1-15(16-8-3-2-4-9-16)27-19-11-7-13-26-20(19)17(14-24)18-10-5-6-12-25(18)21(26,22)23/h2-13,15H,1H3. The molecule has 2 aliphatic rings. The third-order valence-corrected chi connectivity index (χ3v) is 4.72. The minimum absolute atomic E-state index is 0.0963. The first-order valence-corrected chi connectivity index (χ1v) is 8.60. The van der Waals surface area contributed by atoms with Crippen LogP contribution in [0.15, 0.2) is 78.8 Å². The molecule has 134 valence electrons. The Morgan fingerprint density at radius 2 is 1.93 bits per heavy atom. The zero-order chi connectivity index (χ0) is 19.0. The van der Waals surface area contributed by atoms with Crippen molar-refractivity contribution in [3.63, 3.8) is 0 Å². The summed E-state index contributed by atoms with van der Waals surface area (Å²) in [6, 6.07) is 14.7. The van der Waals surface area contributed by atoms with E-state index in [0.29, 0.717) is 0 Å². The van der Waals surface area contributed by atoms with Crippen molar-refractivity contribution in [1.82, 2.24) is 4.81 Å². The average Bonchev–Trinajstić information content (AvgIpc) is 2.70. The number of fused-ring (bicyclic) bond motifs is 2. The normalized spacial score (nSPS) is 17.8. The molecule has 0 saturated heterocycles. The molecule has 27 heavy (non-hydrogen) atoms. The molecule has 1 unspecified atom stereocenters. The summed E-state index contributed by atoms with van der Waals surface area (Å²) in [6.45, 7) is -2.28. The lowest BCUT2D eigenvalue weighted by atomic mass is 9.84. The van der Waals surface area contributed by atoms with Crippen LogP contribution in [0.5, 0.6) is 5.75 Å². The van der Waals surface area contributed by atoms with Gasteiger partial charge in [-0.05, 0) is 36.9 Å². The van der Waals surface area contributed by atoms with Gasteiger partial charge in [-0.2, -0.15) is 5.26 Å². The maximum absolute atomic E-state index is 15.2. The zero-order valence-electron chi connectivity index (χ0n) is 14.6. The first-order valence-electron chi connectivity index (χ1n) is 8.60. The van der Waals surface area contributed by atoms with E-state index in [9.17, 15) is 5.26 Å². The fourth-order valence-corrected chi connectivity index (χ4v) is 3.40. The van der Waals surface area contributed by atoms with Gasteiger partial charge in [0.05, 0.1) is 0 Å². The van der Waals surface area contributed by atoms with Crippen LogP contribution in [0.2, 0.25) is 0 Å². The number of nitrogens with zero attached hydrogens (tertiary/aromatic N) is 3. The molecule has 0 radical (unpaired) electrons. The van der Waals surface area contributed by atoms with Gasteiger partial charge in [-0.1, -0.05) is 36.4 Å². The van der Waals surface area contributed by atoms with Gasteiger partial charge in [-0.25, -0.2) is 0 Å². The summed E-state index contributed by atoms with van der Waals surface area (Å²) in [6.07, 6.45) is 6.91. The Kier molecular flexibility index (Phi) is 4.04. The molecule has 0 amide bonds. The van der Waals surface area contributed by atoms with Gasteiger partial charge in [-0.3, -0.25) is 0 Å². The second kappa shape index (κ2) is 6.40. The third kappa shape index (κ3) is 2.70. The molecule has 2 aromatic rings. The van der Waals surface area contributed by atoms with E-state index >= 15 is 8.63 Å². The second-order valence-electron chi connectivity index (χ2n) is 6.37. The summed E-state index contributed by atoms with van der Waals surface area (Å²) in [4.78, 5) is 0.857. The van der Waals surface area contributed by atoms with E-state index in [-0.39, 0.29) is 28.8 Å². The van der Waals surface area contributed by atoms with Gasteiger partial charge in [-0.15, -0.1) is 0 Å². The number of halogens is 2. The van der Waals surface area contributed by atoms with Gasteiger partial charge in [0, 0.05) is 11.8 Å². The summed E-state index contributed by atoms with van der Waals surface area (Å²) in [5.74, 6) is 0.252. The highest BCUT2D eigenvalue weighted by Crippen LogP contribution is 2.37. The van der Waals surface area contributed by atoms with Crippen molar-refractivity contribution in [3.8, 4) is 11.8 Å². The van der Waals surface area contributed by atoms with Crippen LogP contribution < -0.4 is 9.21 Å². The second-order valence-corrected chi connectivity index (χ2v) is 6.37. The summed E-state index contributed by atoms with van der Waals surface area (Å²) >= 11 is 0. The van der Waals surface area contributed by atoms with Crippen LogP contribution in [0.4, 0.5) is 8.63 Å². The molecule has 4 nitrogen and oxygen atoms in total. The van der Waals surface area contributed by atoms with Crippen molar-refractivity contribution in [2.24, 2.45) is 0 Å². The van der Waals surface area contributed by atoms with Crippen molar-refractivity contribution >= 4 is 12.5 Å². The van der Waals surface area contributed by atoms with Crippen molar-refractivity contribution in [2.45, 2.75) is 13.0 Å². The van der Waals surface area contributed by atoms with E-state index in [1.165, 1.54) is 30.6 Å². The minimum Gasteiger partial charge on any atom is -0.479 e. The predicted molar refractivity (Wildman–Crippen MR) is 98.1 cm³/mol. The lowest BCUT2D eigenvalue weighted by molar-refractivity contribution is -0.578. The highest BCUT2D eigenvalue weighted by Gasteiger charge is 2.54. The molecule has 2 aliphatic heterocycles. The number of allylic oxidation sites excluding steroid dienone is 4. The first-order chi connectivity index (χ1) is 13.0. The Labute approximate surface area is 156 Å². The van der Waals surface area contributed by atoms with Crippen molar-refractivity contribution < 1.29 is 17.8 Å². The quantitative estimate of drug-likeness (QED) is 0.775. The summed E-state index contributed by atoms with van der Waals surface area (Å²) in [5, 5.41) is 9.72. The highest BCUT2D eigenvalue weighted by atomic mass is 19.2. The van der Waals surface area contributed by atoms with Crippen molar-refractivity contribution in [1.29, 1.82) is 5.26 Å². The fourth-order valence-electron chi connectivity index (χ4n) is 3.40. The van der Waals surface area contributed by atoms with Gasteiger partial charge in [0.2, 0.25) is 5.69 Å². The summed E-state index contributed by atoms with van der Waals surface area (Å²) < 4.78 is 37.2. The van der Waals surface area contributed by atoms with Gasteiger partial charge in [0.1, 0.15) is 23.9 Å². The fraction of sp³-hybridized carbons (Fsp3) is 0.100. The van der Waals surface area contributed by atoms with Crippen LogP contribution >= 0.6 is 0 Å². The van der Waals surface area contributed by atoms with E-state index in [1.807, 2.05) is 37.3 Å². The van der Waals surface area contributed by atoms with Crippen molar-refractivity contribution in [2.75, 3.05) is 0 Å². The van der Waals surface area contributed by atoms with Crippen LogP contribution in [0.1, 0.15) is 24.3 Å². The van der Waals surface area contributed by atoms with Crippen LogP contribution in [0.3, 0.4) is 0 Å². The molecular weight excluding hydrogens is 347 g/mol. The molecule has 0 saturated carbocycles. The topological polar surface area (TPSA) is 40.1 Å². The third-order valence-electron chi connectivity index (χ3n) is 4.72. The molecule has 7 heteroatoms. The van der Waals surface area contributed by atoms with E-state index in [2.05, 4.69) is 6.07 Å². The molecular formula is C20H16BF2N3O. The van der Waals surface area contributed by atoms with Crippen molar-refractivity contribution in [3.05, 3.63) is 90.0 Å². The first kappa shape index (κ1) is 17.0. The maximum atomic E-state index is 15.2. The zero-order valence-corrected chi connectivity index (χ0v) is 14.6. The Morgan fingerprint density at radius 1 is 1.15 bits per heavy atom. The Morgan fingerprint density at radius 3 is 2.67 bits per heavy atom. The van der Waals surface area contributed by atoms with Crippen LogP contribution in [-0.4, -0.2) is 11.8 Å². The average molecular weight is 363 g/mol. The van der Waals surface area contributed by atoms with E-state index in [1.54, 1.807) is 12.1 Å². The Hall–Kier alpha value is -3.40. The predicted octanol–water partition coefficient (Wildman–Crippen LogP) is 3.97. The number of rotatable bonds is 3. The highest BCUT2D eigenvalue weighted by molar-refractivity contribution is 6.55. The van der Waals surface area contributed by atoms with Crippen LogP contribution in [0, 0.1) is 11.3 Å². The SMILES string of the molecule is CC(Oc1ccc[n+]2c1C(C#N)=C1C=CC=CN1[B-]2(F)F)c1ccccc1.